The number of hydrogen-bond acceptors (Lipinski definition) is 4. The van der Waals surface area contributed by atoms with Gasteiger partial charge in [0.1, 0.15) is 11.6 Å². The van der Waals surface area contributed by atoms with Crippen LogP contribution in [-0.4, -0.2) is 75.7 Å². The highest BCUT2D eigenvalue weighted by Crippen LogP contribution is 2.37. The van der Waals surface area contributed by atoms with E-state index in [2.05, 4.69) is 21.0 Å². The predicted molar refractivity (Wildman–Crippen MR) is 134 cm³/mol. The molecular formula is C28H35F2N5O. The van der Waals surface area contributed by atoms with Gasteiger partial charge in [-0.05, 0) is 88.4 Å². The predicted octanol–water partition coefficient (Wildman–Crippen LogP) is 4.34. The summed E-state index contributed by atoms with van der Waals surface area (Å²) in [7, 11) is 0. The van der Waals surface area contributed by atoms with E-state index in [-0.39, 0.29) is 23.8 Å². The van der Waals surface area contributed by atoms with Crippen LogP contribution in [0.4, 0.5) is 8.78 Å². The zero-order valence-electron chi connectivity index (χ0n) is 20.8. The number of carbonyl (C=O) groups excluding carboxylic acids is 1. The first kappa shape index (κ1) is 23.8. The molecule has 3 atom stereocenters. The fraction of sp³-hybridized carbons (Fsp3) is 0.571. The molecule has 3 unspecified atom stereocenters. The number of benzene rings is 1. The van der Waals surface area contributed by atoms with Gasteiger partial charge in [-0.2, -0.15) is 5.10 Å². The number of carbonyl (C=O) groups is 1. The zero-order valence-corrected chi connectivity index (χ0v) is 20.8. The molecule has 0 aliphatic carbocycles. The van der Waals surface area contributed by atoms with Gasteiger partial charge in [0.25, 0.3) is 5.91 Å². The number of amides is 1. The summed E-state index contributed by atoms with van der Waals surface area (Å²) in [6.07, 6.45) is 12.9. The summed E-state index contributed by atoms with van der Waals surface area (Å²) in [5.74, 6) is -0.160. The molecule has 8 heteroatoms. The monoisotopic (exact) mass is 495 g/mol. The second kappa shape index (κ2) is 10.1. The lowest BCUT2D eigenvalue weighted by Crippen LogP contribution is -2.44. The molecule has 0 radical (unpaired) electrons. The second-order valence-corrected chi connectivity index (χ2v) is 10.9. The molecule has 192 valence electrons. The normalized spacial score (nSPS) is 27.1. The summed E-state index contributed by atoms with van der Waals surface area (Å²) in [4.78, 5) is 20.5. The maximum Gasteiger partial charge on any atom is 0.257 e. The fourth-order valence-corrected chi connectivity index (χ4v) is 6.76. The topological polar surface area (TPSA) is 44.6 Å². The van der Waals surface area contributed by atoms with Crippen LogP contribution in [0.25, 0.3) is 6.20 Å². The van der Waals surface area contributed by atoms with E-state index in [4.69, 9.17) is 0 Å². The Morgan fingerprint density at radius 1 is 1.03 bits per heavy atom. The summed E-state index contributed by atoms with van der Waals surface area (Å²) >= 11 is 0. The lowest BCUT2D eigenvalue weighted by Gasteiger charge is -2.35. The number of nitrogens with zero attached hydrogens (tertiary/aromatic N) is 5. The van der Waals surface area contributed by atoms with Crippen LogP contribution >= 0.6 is 0 Å². The molecule has 4 aliphatic rings. The minimum absolute atomic E-state index is 0.0141. The number of fused-ring (bicyclic) bond motifs is 1. The van der Waals surface area contributed by atoms with E-state index in [1.54, 1.807) is 6.20 Å². The second-order valence-electron chi connectivity index (χ2n) is 10.9. The maximum atomic E-state index is 14.6. The molecule has 6 rings (SSSR count). The highest BCUT2D eigenvalue weighted by Gasteiger charge is 2.36. The van der Waals surface area contributed by atoms with Crippen molar-refractivity contribution >= 4 is 12.1 Å². The Bertz CT molecular complexity index is 1140. The molecule has 0 bridgehead atoms. The molecule has 1 aromatic carbocycles. The van der Waals surface area contributed by atoms with Gasteiger partial charge >= 0.3 is 0 Å². The summed E-state index contributed by atoms with van der Waals surface area (Å²) in [5, 5.41) is 4.48. The van der Waals surface area contributed by atoms with Crippen LogP contribution < -0.4 is 0 Å². The maximum absolute atomic E-state index is 14.6. The summed E-state index contributed by atoms with van der Waals surface area (Å²) in [5.41, 5.74) is 2.02. The van der Waals surface area contributed by atoms with Crippen LogP contribution in [0.1, 0.15) is 66.2 Å². The van der Waals surface area contributed by atoms with Crippen molar-refractivity contribution in [3.8, 4) is 0 Å². The van der Waals surface area contributed by atoms with Gasteiger partial charge in [0.05, 0.1) is 17.5 Å². The van der Waals surface area contributed by atoms with Crippen LogP contribution in [0.15, 0.2) is 30.5 Å². The fourth-order valence-electron chi connectivity index (χ4n) is 6.76. The minimum Gasteiger partial charge on any atom is -0.338 e. The van der Waals surface area contributed by atoms with Crippen molar-refractivity contribution in [2.24, 2.45) is 5.92 Å². The van der Waals surface area contributed by atoms with E-state index in [9.17, 15) is 13.6 Å². The third-order valence-corrected chi connectivity index (χ3v) is 8.54. The molecule has 6 nitrogen and oxygen atoms in total. The van der Waals surface area contributed by atoms with E-state index in [1.807, 2.05) is 15.8 Å². The molecule has 0 saturated carbocycles. The quantitative estimate of drug-likeness (QED) is 0.619. The Morgan fingerprint density at radius 2 is 1.86 bits per heavy atom. The van der Waals surface area contributed by atoms with Gasteiger partial charge in [-0.15, -0.1) is 0 Å². The largest absolute Gasteiger partial charge is 0.338 e. The van der Waals surface area contributed by atoms with E-state index in [1.165, 1.54) is 50.6 Å². The summed E-state index contributed by atoms with van der Waals surface area (Å²) in [6.45, 7) is 5.89. The molecule has 36 heavy (non-hydrogen) atoms. The van der Waals surface area contributed by atoms with Gasteiger partial charge in [0.2, 0.25) is 0 Å². The highest BCUT2D eigenvalue weighted by molar-refractivity contribution is 5.95. The molecule has 4 aliphatic heterocycles. The third kappa shape index (κ3) is 4.61. The van der Waals surface area contributed by atoms with Crippen molar-refractivity contribution in [2.75, 3.05) is 39.3 Å². The number of aromatic nitrogens is 2. The average molecular weight is 496 g/mol. The molecule has 0 spiro atoms. The molecule has 0 N–H and O–H groups in total. The van der Waals surface area contributed by atoms with Crippen molar-refractivity contribution < 1.29 is 13.6 Å². The van der Waals surface area contributed by atoms with Crippen molar-refractivity contribution in [3.05, 3.63) is 58.9 Å². The van der Waals surface area contributed by atoms with Crippen molar-refractivity contribution in [3.63, 3.8) is 0 Å². The Hall–Kier alpha value is -2.58. The number of piperidine rings is 1. The van der Waals surface area contributed by atoms with Gasteiger partial charge in [0, 0.05) is 49.9 Å². The Morgan fingerprint density at radius 3 is 2.72 bits per heavy atom. The van der Waals surface area contributed by atoms with E-state index < -0.39 is 5.82 Å². The van der Waals surface area contributed by atoms with E-state index in [0.29, 0.717) is 23.5 Å². The van der Waals surface area contributed by atoms with Crippen LogP contribution in [0.2, 0.25) is 0 Å². The van der Waals surface area contributed by atoms with Crippen molar-refractivity contribution in [1.82, 2.24) is 24.5 Å². The van der Waals surface area contributed by atoms with Crippen LogP contribution in [-0.2, 0) is 6.42 Å². The SMILES string of the molecule is O=C(c1cnn2c1CC(N1CCCC1c1cc(F)ccc1F)C=C2)N1CCCC(CN2CCCC2)C1. The first-order valence-electron chi connectivity index (χ1n) is 13.5. The summed E-state index contributed by atoms with van der Waals surface area (Å²) in [6, 6.07) is 3.57. The van der Waals surface area contributed by atoms with Gasteiger partial charge in [-0.3, -0.25) is 9.69 Å². The van der Waals surface area contributed by atoms with Gasteiger partial charge in [-0.1, -0.05) is 0 Å². The lowest BCUT2D eigenvalue weighted by atomic mass is 9.96. The number of hydrogen-bond donors (Lipinski definition) is 0. The molecule has 5 heterocycles. The van der Waals surface area contributed by atoms with Crippen LogP contribution in [0.3, 0.4) is 0 Å². The standard InChI is InChI=1S/C28H35F2N5O/c29-21-7-8-25(30)23(15-21)26-6-4-13-34(26)22-9-14-35-27(16-22)24(17-31-35)28(36)33-12-3-5-20(19-33)18-32-10-1-2-11-32/h7-9,14-15,17,20,22,26H,1-6,10-13,16,18-19H2. The molecule has 3 fully saturated rings. The molecule has 2 aromatic rings. The molecular weight excluding hydrogens is 460 g/mol. The van der Waals surface area contributed by atoms with Gasteiger partial charge in [0.15, 0.2) is 0 Å². The highest BCUT2D eigenvalue weighted by atomic mass is 19.1. The van der Waals surface area contributed by atoms with Gasteiger partial charge < -0.3 is 9.80 Å². The van der Waals surface area contributed by atoms with Crippen molar-refractivity contribution in [1.29, 1.82) is 0 Å². The number of halogens is 2. The lowest BCUT2D eigenvalue weighted by molar-refractivity contribution is 0.0646. The number of likely N-dealkylation sites (tertiary alicyclic amines) is 3. The zero-order chi connectivity index (χ0) is 24.6. The van der Waals surface area contributed by atoms with Crippen molar-refractivity contribution in [2.45, 2.75) is 57.0 Å². The average Bonchev–Trinajstić information content (AvgIpc) is 3.66. The summed E-state index contributed by atoms with van der Waals surface area (Å²) < 4.78 is 30.3. The first-order valence-corrected chi connectivity index (χ1v) is 13.5. The molecule has 1 amide bonds. The van der Waals surface area contributed by atoms with E-state index in [0.717, 1.165) is 51.1 Å². The smallest absolute Gasteiger partial charge is 0.257 e. The van der Waals surface area contributed by atoms with Crippen LogP contribution in [0, 0.1) is 17.6 Å². The first-order chi connectivity index (χ1) is 17.6. The van der Waals surface area contributed by atoms with Crippen LogP contribution in [0.5, 0.6) is 0 Å². The Labute approximate surface area is 211 Å². The minimum atomic E-state index is -0.409. The third-order valence-electron chi connectivity index (χ3n) is 8.54. The molecule has 1 aromatic heterocycles. The Kier molecular flexibility index (Phi) is 6.65. The van der Waals surface area contributed by atoms with Gasteiger partial charge in [-0.25, -0.2) is 13.5 Å². The van der Waals surface area contributed by atoms with E-state index >= 15 is 0 Å². The Balaban J connectivity index is 1.17. The number of rotatable bonds is 5. The molecule has 3 saturated heterocycles.